The summed E-state index contributed by atoms with van der Waals surface area (Å²) in [6.07, 6.45) is 1.68. The molecule has 1 atom stereocenters. The van der Waals surface area contributed by atoms with E-state index in [1.807, 2.05) is 6.07 Å². The number of para-hydroxylation sites is 1. The van der Waals surface area contributed by atoms with Crippen molar-refractivity contribution in [3.05, 3.63) is 40.6 Å². The molecule has 0 aliphatic carbocycles. The van der Waals surface area contributed by atoms with Gasteiger partial charge in [0.1, 0.15) is 12.2 Å². The summed E-state index contributed by atoms with van der Waals surface area (Å²) in [5.41, 5.74) is 6.95. The molecule has 2 rings (SSSR count). The zero-order chi connectivity index (χ0) is 10.1. The predicted octanol–water partition coefficient (Wildman–Crippen LogP) is 0.00490. The van der Waals surface area contributed by atoms with Gasteiger partial charge in [0.15, 0.2) is 0 Å². The third kappa shape index (κ3) is 2.18. The molecule has 1 heterocycles. The molecule has 5 heteroatoms. The molecule has 3 N–H and O–H groups in total. The smallest absolute Gasteiger partial charge is 0.250 e. The Bertz CT molecular complexity index is 418. The van der Waals surface area contributed by atoms with Crippen LogP contribution >= 0.6 is 12.4 Å². The maximum atomic E-state index is 11.6. The fourth-order valence-electron chi connectivity index (χ4n) is 1.54. The van der Waals surface area contributed by atoms with E-state index in [0.29, 0.717) is 11.3 Å². The number of carbonyl (C=O) groups is 1. The molecule has 4 nitrogen and oxygen atoms in total. The zero-order valence-electron chi connectivity index (χ0n) is 7.90. The molecule has 1 aromatic rings. The van der Waals surface area contributed by atoms with E-state index in [0.717, 1.165) is 5.56 Å². The van der Waals surface area contributed by atoms with Crippen LogP contribution in [0.5, 0.6) is 0 Å². The van der Waals surface area contributed by atoms with Crippen molar-refractivity contribution >= 4 is 30.1 Å². The number of carbonyl (C=O) groups excluding carboxylic acids is 1. The summed E-state index contributed by atoms with van der Waals surface area (Å²) in [5, 5.41) is 11.5. The van der Waals surface area contributed by atoms with Crippen LogP contribution in [-0.4, -0.2) is 12.5 Å². The number of rotatable bonds is 1. The van der Waals surface area contributed by atoms with Crippen molar-refractivity contribution in [3.8, 4) is 0 Å². The number of amides is 1. The summed E-state index contributed by atoms with van der Waals surface area (Å²) in [7, 11) is 0. The number of halogens is 1. The van der Waals surface area contributed by atoms with Crippen LogP contribution < -0.4 is 10.8 Å². The molecule has 0 bridgehead atoms. The van der Waals surface area contributed by atoms with Gasteiger partial charge < -0.3 is 16.0 Å². The number of hydroxylamine groups is 1. The molecule has 0 saturated heterocycles. The lowest BCUT2D eigenvalue weighted by atomic mass is 10.0. The van der Waals surface area contributed by atoms with Crippen LogP contribution in [0.4, 0.5) is 5.69 Å². The quantitative estimate of drug-likeness (QED) is 0.662. The van der Waals surface area contributed by atoms with E-state index < -0.39 is 5.91 Å². The summed E-state index contributed by atoms with van der Waals surface area (Å²) in [5.74, 6) is -0.521. The van der Waals surface area contributed by atoms with Crippen molar-refractivity contribution in [2.24, 2.45) is 5.73 Å². The summed E-state index contributed by atoms with van der Waals surface area (Å²) in [6, 6.07) is 7.19. The van der Waals surface area contributed by atoms with Gasteiger partial charge in [-0.1, -0.05) is 12.1 Å². The minimum atomic E-state index is -0.521. The molecule has 0 saturated carbocycles. The fourth-order valence-corrected chi connectivity index (χ4v) is 1.54. The SMILES string of the molecule is Cl.NC(=O)C1=Cc2ccccc2[NH+]([O-])C1. The van der Waals surface area contributed by atoms with E-state index in [1.165, 1.54) is 0 Å². The molecule has 1 amide bonds. The first kappa shape index (κ1) is 11.7. The van der Waals surface area contributed by atoms with Crippen molar-refractivity contribution in [3.63, 3.8) is 0 Å². The number of hydrogen-bond donors (Lipinski definition) is 2. The molecule has 0 aromatic heterocycles. The van der Waals surface area contributed by atoms with E-state index >= 15 is 0 Å². The lowest BCUT2D eigenvalue weighted by molar-refractivity contribution is -0.770. The number of nitrogens with one attached hydrogen (secondary N) is 1. The Morgan fingerprint density at radius 3 is 2.73 bits per heavy atom. The van der Waals surface area contributed by atoms with Crippen LogP contribution in [0, 0.1) is 5.21 Å². The van der Waals surface area contributed by atoms with Gasteiger partial charge in [0.05, 0.1) is 5.57 Å². The second-order valence-corrected chi connectivity index (χ2v) is 3.22. The number of nitrogens with two attached hydrogens (primary N) is 1. The average Bonchev–Trinajstić information content (AvgIpc) is 2.17. The highest BCUT2D eigenvalue weighted by molar-refractivity contribution is 5.98. The van der Waals surface area contributed by atoms with Crippen molar-refractivity contribution in [1.29, 1.82) is 0 Å². The third-order valence-corrected chi connectivity index (χ3v) is 2.26. The Morgan fingerprint density at radius 1 is 1.40 bits per heavy atom. The van der Waals surface area contributed by atoms with Gasteiger partial charge in [-0.3, -0.25) is 4.79 Å². The Labute approximate surface area is 93.4 Å². The average molecular weight is 227 g/mol. The molecular formula is C10H11ClN2O2. The minimum absolute atomic E-state index is 0. The van der Waals surface area contributed by atoms with Crippen LogP contribution in [-0.2, 0) is 4.79 Å². The summed E-state index contributed by atoms with van der Waals surface area (Å²) < 4.78 is 0. The molecule has 1 aliphatic heterocycles. The van der Waals surface area contributed by atoms with Crippen molar-refractivity contribution in [1.82, 2.24) is 0 Å². The van der Waals surface area contributed by atoms with Crippen LogP contribution in [0.25, 0.3) is 6.08 Å². The lowest BCUT2D eigenvalue weighted by Crippen LogP contribution is -3.03. The van der Waals surface area contributed by atoms with Crippen molar-refractivity contribution in [2.75, 3.05) is 6.54 Å². The van der Waals surface area contributed by atoms with Gasteiger partial charge >= 0.3 is 0 Å². The normalized spacial score (nSPS) is 18.5. The van der Waals surface area contributed by atoms with Gasteiger partial charge in [-0.25, -0.2) is 0 Å². The number of primary amides is 1. The number of fused-ring (bicyclic) bond motifs is 1. The molecule has 0 fully saturated rings. The first-order valence-corrected chi connectivity index (χ1v) is 4.31. The van der Waals surface area contributed by atoms with Gasteiger partial charge in [0, 0.05) is 5.56 Å². The lowest BCUT2D eigenvalue weighted by Gasteiger charge is -2.27. The Morgan fingerprint density at radius 2 is 2.07 bits per heavy atom. The van der Waals surface area contributed by atoms with Crippen LogP contribution in [0.2, 0.25) is 0 Å². The van der Waals surface area contributed by atoms with E-state index in [9.17, 15) is 10.0 Å². The molecule has 1 aliphatic rings. The van der Waals surface area contributed by atoms with Gasteiger partial charge in [0.25, 0.3) is 0 Å². The molecular weight excluding hydrogens is 216 g/mol. The Hall–Kier alpha value is -1.36. The Balaban J connectivity index is 0.00000112. The zero-order valence-corrected chi connectivity index (χ0v) is 8.71. The van der Waals surface area contributed by atoms with Crippen LogP contribution in [0.3, 0.4) is 0 Å². The van der Waals surface area contributed by atoms with Gasteiger partial charge in [-0.05, 0) is 18.2 Å². The van der Waals surface area contributed by atoms with E-state index in [1.54, 1.807) is 24.3 Å². The summed E-state index contributed by atoms with van der Waals surface area (Å²) >= 11 is 0. The van der Waals surface area contributed by atoms with Gasteiger partial charge in [-0.15, -0.1) is 12.4 Å². The molecule has 80 valence electrons. The van der Waals surface area contributed by atoms with Crippen LogP contribution in [0.15, 0.2) is 29.8 Å². The largest absolute Gasteiger partial charge is 0.629 e. The number of hydrogen-bond acceptors (Lipinski definition) is 2. The minimum Gasteiger partial charge on any atom is -0.629 e. The first-order chi connectivity index (χ1) is 6.68. The van der Waals surface area contributed by atoms with Gasteiger partial charge in [-0.2, -0.15) is 0 Å². The van der Waals surface area contributed by atoms with E-state index in [2.05, 4.69) is 0 Å². The molecule has 1 unspecified atom stereocenters. The summed E-state index contributed by atoms with van der Waals surface area (Å²) in [4.78, 5) is 10.9. The second-order valence-electron chi connectivity index (χ2n) is 3.22. The third-order valence-electron chi connectivity index (χ3n) is 2.26. The number of quaternary nitrogens is 1. The second kappa shape index (κ2) is 4.44. The van der Waals surface area contributed by atoms with Crippen LogP contribution in [0.1, 0.15) is 5.56 Å². The summed E-state index contributed by atoms with van der Waals surface area (Å²) in [6.45, 7) is 0.117. The molecule has 0 radical (unpaired) electrons. The van der Waals surface area contributed by atoms with E-state index in [-0.39, 0.29) is 24.0 Å². The topological polar surface area (TPSA) is 70.6 Å². The standard InChI is InChI=1S/C10H10N2O2.ClH/c11-10(13)8-5-7-3-1-2-4-9(7)12(14)6-8;/h1-5,12H,6H2,(H2,11,13);1H. The maximum absolute atomic E-state index is 11.6. The molecule has 0 spiro atoms. The van der Waals surface area contributed by atoms with Crippen molar-refractivity contribution in [2.45, 2.75) is 0 Å². The first-order valence-electron chi connectivity index (χ1n) is 4.31. The van der Waals surface area contributed by atoms with E-state index in [4.69, 9.17) is 5.73 Å². The van der Waals surface area contributed by atoms with Crippen molar-refractivity contribution < 1.29 is 9.86 Å². The highest BCUT2D eigenvalue weighted by atomic mass is 35.5. The molecule has 1 aromatic carbocycles. The fraction of sp³-hybridized carbons (Fsp3) is 0.100. The molecule has 15 heavy (non-hydrogen) atoms. The highest BCUT2D eigenvalue weighted by Crippen LogP contribution is 2.17. The highest BCUT2D eigenvalue weighted by Gasteiger charge is 2.19. The Kier molecular flexibility index (Phi) is 3.47. The number of benzene rings is 1. The monoisotopic (exact) mass is 226 g/mol. The maximum Gasteiger partial charge on any atom is 0.250 e. The van der Waals surface area contributed by atoms with Gasteiger partial charge in [0.2, 0.25) is 5.91 Å². The predicted molar refractivity (Wildman–Crippen MR) is 59.7 cm³/mol.